The number of benzene rings is 2. The van der Waals surface area contributed by atoms with Crippen LogP contribution >= 0.6 is 11.6 Å². The molecule has 2 aromatic carbocycles. The third-order valence-electron chi connectivity index (χ3n) is 4.15. The fraction of sp³-hybridized carbons (Fsp3) is 0.200. The average Bonchev–Trinajstić information content (AvgIpc) is 2.59. The number of rotatable bonds is 3. The molecule has 2 N–H and O–H groups in total. The van der Waals surface area contributed by atoms with Gasteiger partial charge < -0.3 is 15.2 Å². The number of carboxylic acid groups (broad SMARTS) is 1. The molecule has 1 amide bonds. The highest BCUT2D eigenvalue weighted by Gasteiger charge is 2.27. The van der Waals surface area contributed by atoms with Crippen LogP contribution in [0.3, 0.4) is 0 Å². The maximum absolute atomic E-state index is 11.8. The lowest BCUT2D eigenvalue weighted by molar-refractivity contribution is 0.0685. The van der Waals surface area contributed by atoms with Gasteiger partial charge in [-0.25, -0.2) is 4.79 Å². The van der Waals surface area contributed by atoms with Crippen molar-refractivity contribution in [3.05, 3.63) is 58.1 Å². The average molecular weight is 372 g/mol. The topological polar surface area (TPSA) is 75.6 Å². The van der Waals surface area contributed by atoms with Crippen molar-refractivity contribution in [3.63, 3.8) is 0 Å². The van der Waals surface area contributed by atoms with Crippen molar-refractivity contribution in [1.82, 2.24) is 5.32 Å². The first kappa shape index (κ1) is 18.0. The zero-order valence-corrected chi connectivity index (χ0v) is 15.3. The Bertz CT molecular complexity index is 947. The highest BCUT2D eigenvalue weighted by Crippen LogP contribution is 2.38. The summed E-state index contributed by atoms with van der Waals surface area (Å²) < 4.78 is 5.84. The number of hydrogen-bond acceptors (Lipinski definition) is 3. The minimum Gasteiger partial charge on any atom is -0.482 e. The quantitative estimate of drug-likeness (QED) is 0.845. The molecule has 26 heavy (non-hydrogen) atoms. The number of nitrogens with one attached hydrogen (secondary N) is 1. The SMILES string of the molecule is CNC(=O)c1ccc(-c2cc3c(c(C(=O)O)c2)OC(C)(C)C=C3)cc1Cl. The minimum absolute atomic E-state index is 0.0847. The van der Waals surface area contributed by atoms with Crippen LogP contribution in [0.15, 0.2) is 36.4 Å². The van der Waals surface area contributed by atoms with Crippen molar-refractivity contribution in [2.45, 2.75) is 19.4 Å². The van der Waals surface area contributed by atoms with Crippen LogP contribution in [-0.4, -0.2) is 29.6 Å². The van der Waals surface area contributed by atoms with Crippen LogP contribution in [0.4, 0.5) is 0 Å². The van der Waals surface area contributed by atoms with E-state index in [0.29, 0.717) is 33.0 Å². The first-order valence-electron chi connectivity index (χ1n) is 8.03. The third kappa shape index (κ3) is 3.30. The van der Waals surface area contributed by atoms with E-state index in [0.717, 1.165) is 0 Å². The summed E-state index contributed by atoms with van der Waals surface area (Å²) in [6.07, 6.45) is 3.74. The Hall–Kier alpha value is -2.79. The van der Waals surface area contributed by atoms with Gasteiger partial charge >= 0.3 is 5.97 Å². The largest absolute Gasteiger partial charge is 0.482 e. The summed E-state index contributed by atoms with van der Waals surface area (Å²) in [5.74, 6) is -0.999. The summed E-state index contributed by atoms with van der Waals surface area (Å²) in [5.41, 5.74) is 1.95. The molecule has 0 spiro atoms. The zero-order valence-electron chi connectivity index (χ0n) is 14.6. The van der Waals surface area contributed by atoms with Crippen molar-refractivity contribution in [2.75, 3.05) is 7.05 Å². The number of halogens is 1. The molecule has 0 aliphatic carbocycles. The second-order valence-corrected chi connectivity index (χ2v) is 6.97. The summed E-state index contributed by atoms with van der Waals surface area (Å²) in [5, 5.41) is 12.4. The fourth-order valence-electron chi connectivity index (χ4n) is 2.82. The molecule has 1 heterocycles. The van der Waals surface area contributed by atoms with Gasteiger partial charge in [-0.05, 0) is 55.3 Å². The van der Waals surface area contributed by atoms with Crippen LogP contribution in [0, 0.1) is 0 Å². The molecule has 2 aromatic rings. The van der Waals surface area contributed by atoms with E-state index in [-0.39, 0.29) is 11.5 Å². The van der Waals surface area contributed by atoms with Gasteiger partial charge in [-0.3, -0.25) is 4.79 Å². The second kappa shape index (κ2) is 6.50. The van der Waals surface area contributed by atoms with Crippen LogP contribution < -0.4 is 10.1 Å². The Morgan fingerprint density at radius 2 is 1.85 bits per heavy atom. The highest BCUT2D eigenvalue weighted by atomic mass is 35.5. The maximum atomic E-state index is 11.8. The van der Waals surface area contributed by atoms with Crippen LogP contribution in [-0.2, 0) is 0 Å². The Morgan fingerprint density at radius 3 is 2.46 bits per heavy atom. The van der Waals surface area contributed by atoms with Crippen molar-refractivity contribution in [3.8, 4) is 16.9 Å². The van der Waals surface area contributed by atoms with Gasteiger partial charge in [0.1, 0.15) is 16.9 Å². The molecule has 3 rings (SSSR count). The monoisotopic (exact) mass is 371 g/mol. The maximum Gasteiger partial charge on any atom is 0.339 e. The summed E-state index contributed by atoms with van der Waals surface area (Å²) in [7, 11) is 1.53. The van der Waals surface area contributed by atoms with E-state index in [9.17, 15) is 14.7 Å². The van der Waals surface area contributed by atoms with E-state index in [2.05, 4.69) is 5.32 Å². The lowest BCUT2D eigenvalue weighted by Gasteiger charge is -2.29. The number of carbonyl (C=O) groups excluding carboxylic acids is 1. The Kier molecular flexibility index (Phi) is 4.50. The number of carboxylic acids is 1. The number of aromatic carboxylic acids is 1. The first-order valence-corrected chi connectivity index (χ1v) is 8.41. The van der Waals surface area contributed by atoms with Crippen molar-refractivity contribution in [1.29, 1.82) is 0 Å². The summed E-state index contributed by atoms with van der Waals surface area (Å²) in [4.78, 5) is 23.5. The number of ether oxygens (including phenoxy) is 1. The molecular formula is C20H18ClNO4. The van der Waals surface area contributed by atoms with Crippen LogP contribution in [0.1, 0.15) is 40.1 Å². The zero-order chi connectivity index (χ0) is 19.1. The summed E-state index contributed by atoms with van der Waals surface area (Å²) in [6.45, 7) is 3.73. The van der Waals surface area contributed by atoms with E-state index in [4.69, 9.17) is 16.3 Å². The van der Waals surface area contributed by atoms with Crippen LogP contribution in [0.5, 0.6) is 5.75 Å². The van der Waals surface area contributed by atoms with E-state index < -0.39 is 11.6 Å². The number of hydrogen-bond donors (Lipinski definition) is 2. The molecule has 6 heteroatoms. The van der Waals surface area contributed by atoms with E-state index in [1.54, 1.807) is 24.3 Å². The van der Waals surface area contributed by atoms with Gasteiger partial charge in [-0.1, -0.05) is 23.7 Å². The number of fused-ring (bicyclic) bond motifs is 1. The molecule has 0 bridgehead atoms. The molecule has 0 atom stereocenters. The van der Waals surface area contributed by atoms with Gasteiger partial charge in [-0.2, -0.15) is 0 Å². The molecular weight excluding hydrogens is 354 g/mol. The lowest BCUT2D eigenvalue weighted by Crippen LogP contribution is -2.28. The third-order valence-corrected chi connectivity index (χ3v) is 4.46. The second-order valence-electron chi connectivity index (χ2n) is 6.56. The van der Waals surface area contributed by atoms with E-state index >= 15 is 0 Å². The van der Waals surface area contributed by atoms with Gasteiger partial charge in [-0.15, -0.1) is 0 Å². The highest BCUT2D eigenvalue weighted by molar-refractivity contribution is 6.34. The number of carbonyl (C=O) groups is 2. The van der Waals surface area contributed by atoms with Gasteiger partial charge in [0.2, 0.25) is 0 Å². The van der Waals surface area contributed by atoms with Gasteiger partial charge in [0, 0.05) is 12.6 Å². The molecule has 0 saturated carbocycles. The lowest BCUT2D eigenvalue weighted by atomic mass is 9.94. The predicted octanol–water partition coefficient (Wildman–Crippen LogP) is 4.25. The molecule has 134 valence electrons. The van der Waals surface area contributed by atoms with Crippen LogP contribution in [0.2, 0.25) is 5.02 Å². The Labute approximate surface area is 156 Å². The molecule has 0 radical (unpaired) electrons. The molecule has 0 fully saturated rings. The minimum atomic E-state index is -1.07. The Balaban J connectivity index is 2.13. The first-order chi connectivity index (χ1) is 12.2. The van der Waals surface area contributed by atoms with E-state index in [1.807, 2.05) is 32.1 Å². The molecule has 0 unspecified atom stereocenters. The normalized spacial score (nSPS) is 14.3. The molecule has 1 aliphatic rings. The summed E-state index contributed by atoms with van der Waals surface area (Å²) in [6, 6.07) is 8.41. The smallest absolute Gasteiger partial charge is 0.339 e. The molecule has 0 saturated heterocycles. The van der Waals surface area contributed by atoms with Gasteiger partial charge in [0.15, 0.2) is 0 Å². The standard InChI is InChI=1S/C20H18ClNO4/c1-20(2)7-6-12-8-13(9-15(19(24)25)17(12)26-20)11-4-5-14(16(21)10-11)18(23)22-3/h4-10H,1-3H3,(H,22,23)(H,24,25). The molecule has 1 aliphatic heterocycles. The van der Waals surface area contributed by atoms with Crippen molar-refractivity contribution in [2.24, 2.45) is 0 Å². The van der Waals surface area contributed by atoms with Crippen molar-refractivity contribution < 1.29 is 19.4 Å². The Morgan fingerprint density at radius 1 is 1.12 bits per heavy atom. The van der Waals surface area contributed by atoms with Crippen molar-refractivity contribution >= 4 is 29.6 Å². The number of amides is 1. The predicted molar refractivity (Wildman–Crippen MR) is 101 cm³/mol. The molecule has 5 nitrogen and oxygen atoms in total. The van der Waals surface area contributed by atoms with Gasteiger partial charge in [0.05, 0.1) is 10.6 Å². The van der Waals surface area contributed by atoms with Crippen LogP contribution in [0.25, 0.3) is 17.2 Å². The van der Waals surface area contributed by atoms with E-state index in [1.165, 1.54) is 7.05 Å². The fourth-order valence-corrected chi connectivity index (χ4v) is 3.08. The summed E-state index contributed by atoms with van der Waals surface area (Å²) >= 11 is 6.22. The molecule has 0 aromatic heterocycles. The van der Waals surface area contributed by atoms with Gasteiger partial charge in [0.25, 0.3) is 5.91 Å².